The number of ether oxygens (including phenoxy) is 1. The summed E-state index contributed by atoms with van der Waals surface area (Å²) in [7, 11) is 0. The van der Waals surface area contributed by atoms with Crippen molar-refractivity contribution >= 4 is 17.7 Å². The van der Waals surface area contributed by atoms with Crippen LogP contribution in [0, 0.1) is 11.8 Å². The Morgan fingerprint density at radius 2 is 2.00 bits per heavy atom. The number of nitrogens with one attached hydrogen (secondary N) is 1. The maximum absolute atomic E-state index is 12.0. The Morgan fingerprint density at radius 1 is 1.29 bits per heavy atom. The zero-order valence-corrected chi connectivity index (χ0v) is 11.3. The molecular formula is C12H9F3N4OS. The molecule has 0 amide bonds. The van der Waals surface area contributed by atoms with E-state index in [9.17, 15) is 13.2 Å². The van der Waals surface area contributed by atoms with E-state index in [2.05, 4.69) is 31.8 Å². The number of anilines is 1. The second-order valence-electron chi connectivity index (χ2n) is 3.67. The summed E-state index contributed by atoms with van der Waals surface area (Å²) in [5, 5.41) is 6.79. The van der Waals surface area contributed by atoms with Gasteiger partial charge in [-0.05, 0) is 24.3 Å². The summed E-state index contributed by atoms with van der Waals surface area (Å²) in [6.07, 6.45) is -4.69. The Bertz CT molecular complexity index is 658. The number of rotatable bonds is 3. The largest absolute Gasteiger partial charge is 0.573 e. The van der Waals surface area contributed by atoms with Gasteiger partial charge in [-0.2, -0.15) is 4.98 Å². The minimum absolute atomic E-state index is 0.228. The van der Waals surface area contributed by atoms with Gasteiger partial charge in [-0.3, -0.25) is 0 Å². The molecule has 110 valence electrons. The number of alkyl halides is 3. The maximum Gasteiger partial charge on any atom is 0.573 e. The zero-order chi connectivity index (χ0) is 15.3. The third kappa shape index (κ3) is 5.27. The van der Waals surface area contributed by atoms with Gasteiger partial charge < -0.3 is 10.5 Å². The highest BCUT2D eigenvalue weighted by molar-refractivity contribution is 7.99. The molecule has 2 rings (SSSR count). The van der Waals surface area contributed by atoms with Gasteiger partial charge in [-0.25, -0.2) is 5.10 Å². The van der Waals surface area contributed by atoms with Gasteiger partial charge in [0, 0.05) is 5.56 Å². The first-order valence-electron chi connectivity index (χ1n) is 5.58. The minimum atomic E-state index is -4.69. The highest BCUT2D eigenvalue weighted by atomic mass is 32.2. The van der Waals surface area contributed by atoms with Crippen molar-refractivity contribution in [1.82, 2.24) is 15.2 Å². The van der Waals surface area contributed by atoms with Gasteiger partial charge in [0.05, 0.1) is 5.75 Å². The average molecular weight is 314 g/mol. The summed E-state index contributed by atoms with van der Waals surface area (Å²) < 4.78 is 39.7. The van der Waals surface area contributed by atoms with Crippen LogP contribution in [0.1, 0.15) is 5.56 Å². The maximum atomic E-state index is 12.0. The lowest BCUT2D eigenvalue weighted by Crippen LogP contribution is -2.16. The molecule has 2 aromatic rings. The van der Waals surface area contributed by atoms with Crippen LogP contribution in [-0.2, 0) is 0 Å². The third-order valence-corrected chi connectivity index (χ3v) is 2.81. The number of nitrogen functional groups attached to an aromatic ring is 1. The fourth-order valence-corrected chi connectivity index (χ4v) is 1.85. The van der Waals surface area contributed by atoms with Crippen molar-refractivity contribution in [3.63, 3.8) is 0 Å². The molecule has 0 bridgehead atoms. The summed E-state index contributed by atoms with van der Waals surface area (Å²) in [5.41, 5.74) is 5.94. The van der Waals surface area contributed by atoms with Crippen LogP contribution < -0.4 is 10.5 Å². The summed E-state index contributed by atoms with van der Waals surface area (Å²) >= 11 is 1.29. The van der Waals surface area contributed by atoms with Crippen LogP contribution in [0.25, 0.3) is 0 Å². The topological polar surface area (TPSA) is 76.8 Å². The fraction of sp³-hybridized carbons (Fsp3) is 0.167. The normalized spacial score (nSPS) is 10.8. The van der Waals surface area contributed by atoms with E-state index in [0.717, 1.165) is 0 Å². The first-order chi connectivity index (χ1) is 9.92. The molecule has 1 aromatic heterocycles. The Balaban J connectivity index is 1.87. The Kier molecular flexibility index (Phi) is 4.59. The Morgan fingerprint density at radius 3 is 2.57 bits per heavy atom. The summed E-state index contributed by atoms with van der Waals surface area (Å²) in [4.78, 5) is 3.88. The monoisotopic (exact) mass is 314 g/mol. The van der Waals surface area contributed by atoms with Crippen molar-refractivity contribution in [2.24, 2.45) is 0 Å². The van der Waals surface area contributed by atoms with Gasteiger partial charge in [-0.15, -0.1) is 18.3 Å². The quantitative estimate of drug-likeness (QED) is 0.672. The van der Waals surface area contributed by atoms with Crippen molar-refractivity contribution in [3.8, 4) is 17.6 Å². The minimum Gasteiger partial charge on any atom is -0.406 e. The van der Waals surface area contributed by atoms with Gasteiger partial charge >= 0.3 is 6.36 Å². The number of H-pyrrole nitrogens is 1. The number of nitrogens with two attached hydrogens (primary N) is 1. The molecule has 0 aliphatic rings. The number of benzene rings is 1. The zero-order valence-electron chi connectivity index (χ0n) is 10.4. The number of aromatic nitrogens is 3. The van der Waals surface area contributed by atoms with Gasteiger partial charge in [0.25, 0.3) is 0 Å². The van der Waals surface area contributed by atoms with E-state index >= 15 is 0 Å². The molecule has 21 heavy (non-hydrogen) atoms. The Hall–Kier alpha value is -2.34. The molecule has 0 unspecified atom stereocenters. The average Bonchev–Trinajstić information content (AvgIpc) is 2.81. The number of hydrogen-bond acceptors (Lipinski definition) is 5. The number of hydrogen-bond donors (Lipinski definition) is 2. The van der Waals surface area contributed by atoms with Crippen LogP contribution >= 0.6 is 11.8 Å². The predicted molar refractivity (Wildman–Crippen MR) is 71.5 cm³/mol. The summed E-state index contributed by atoms with van der Waals surface area (Å²) in [6.45, 7) is 0. The van der Waals surface area contributed by atoms with E-state index in [1.54, 1.807) is 0 Å². The standard InChI is InChI=1S/C12H9F3N4OS/c13-12(14,15)20-9-5-3-8(4-6-9)2-1-7-21-11-17-10(16)18-19-11/h3-6H,7H2,(H3,16,17,18,19). The highest BCUT2D eigenvalue weighted by Crippen LogP contribution is 2.22. The van der Waals surface area contributed by atoms with Gasteiger partial charge in [-0.1, -0.05) is 23.6 Å². The molecule has 0 atom stereocenters. The lowest BCUT2D eigenvalue weighted by molar-refractivity contribution is -0.274. The molecule has 1 heterocycles. The van der Waals surface area contributed by atoms with Crippen molar-refractivity contribution in [2.75, 3.05) is 11.5 Å². The predicted octanol–water partition coefficient (Wildman–Crippen LogP) is 2.43. The van der Waals surface area contributed by atoms with Crippen LogP contribution in [0.15, 0.2) is 29.4 Å². The van der Waals surface area contributed by atoms with Crippen LogP contribution in [-0.4, -0.2) is 27.3 Å². The van der Waals surface area contributed by atoms with E-state index in [1.165, 1.54) is 36.0 Å². The Labute approximate surface area is 122 Å². The molecule has 0 aliphatic heterocycles. The molecule has 9 heteroatoms. The first-order valence-corrected chi connectivity index (χ1v) is 6.56. The number of aromatic amines is 1. The van der Waals surface area contributed by atoms with Crippen molar-refractivity contribution in [3.05, 3.63) is 29.8 Å². The molecule has 0 aliphatic carbocycles. The van der Waals surface area contributed by atoms with E-state index in [1.807, 2.05) is 0 Å². The third-order valence-electron chi connectivity index (χ3n) is 2.08. The van der Waals surface area contributed by atoms with Crippen LogP contribution in [0.5, 0.6) is 5.75 Å². The summed E-state index contributed by atoms with van der Waals surface area (Å²) in [5.74, 6) is 6.03. The molecule has 5 nitrogen and oxygen atoms in total. The van der Waals surface area contributed by atoms with E-state index in [4.69, 9.17) is 5.73 Å². The molecule has 3 N–H and O–H groups in total. The van der Waals surface area contributed by atoms with Crippen LogP contribution in [0.2, 0.25) is 0 Å². The molecule has 1 aromatic carbocycles. The highest BCUT2D eigenvalue weighted by Gasteiger charge is 2.30. The van der Waals surface area contributed by atoms with Gasteiger partial charge in [0.1, 0.15) is 5.75 Å². The number of halogens is 3. The molecule has 0 fully saturated rings. The lowest BCUT2D eigenvalue weighted by atomic mass is 10.2. The smallest absolute Gasteiger partial charge is 0.406 e. The summed E-state index contributed by atoms with van der Waals surface area (Å²) in [6, 6.07) is 5.31. The lowest BCUT2D eigenvalue weighted by Gasteiger charge is -2.07. The van der Waals surface area contributed by atoms with E-state index in [0.29, 0.717) is 16.5 Å². The number of thioether (sulfide) groups is 1. The second-order valence-corrected chi connectivity index (χ2v) is 4.61. The molecule has 0 radical (unpaired) electrons. The van der Waals surface area contributed by atoms with E-state index < -0.39 is 6.36 Å². The molecule has 0 saturated heterocycles. The SMILES string of the molecule is Nc1nc(SCC#Cc2ccc(OC(F)(F)F)cc2)n[nH]1. The molecule has 0 spiro atoms. The van der Waals surface area contributed by atoms with Gasteiger partial charge in [0.15, 0.2) is 0 Å². The van der Waals surface area contributed by atoms with Crippen molar-refractivity contribution in [2.45, 2.75) is 11.5 Å². The van der Waals surface area contributed by atoms with Crippen LogP contribution in [0.3, 0.4) is 0 Å². The fourth-order valence-electron chi connectivity index (χ4n) is 1.30. The van der Waals surface area contributed by atoms with E-state index in [-0.39, 0.29) is 11.7 Å². The molecule has 0 saturated carbocycles. The number of nitrogens with zero attached hydrogens (tertiary/aromatic N) is 2. The second kappa shape index (κ2) is 6.41. The van der Waals surface area contributed by atoms with Crippen LogP contribution in [0.4, 0.5) is 19.1 Å². The van der Waals surface area contributed by atoms with Crippen molar-refractivity contribution in [1.29, 1.82) is 0 Å². The first kappa shape index (κ1) is 15.1. The van der Waals surface area contributed by atoms with Crippen molar-refractivity contribution < 1.29 is 17.9 Å². The van der Waals surface area contributed by atoms with Gasteiger partial charge in [0.2, 0.25) is 11.1 Å². The molecular weight excluding hydrogens is 305 g/mol.